The first-order valence-electron chi connectivity index (χ1n) is 8.01. The van der Waals surface area contributed by atoms with E-state index in [-0.39, 0.29) is 24.3 Å². The molecule has 0 radical (unpaired) electrons. The van der Waals surface area contributed by atoms with Crippen LogP contribution in [0, 0.1) is 5.92 Å². The van der Waals surface area contributed by atoms with Crippen LogP contribution in [0.3, 0.4) is 0 Å². The second-order valence-corrected chi connectivity index (χ2v) is 6.60. The molecule has 0 aromatic carbocycles. The van der Waals surface area contributed by atoms with Crippen molar-refractivity contribution in [2.24, 2.45) is 5.92 Å². The highest BCUT2D eigenvalue weighted by molar-refractivity contribution is 5.82. The second kappa shape index (κ2) is 8.48. The van der Waals surface area contributed by atoms with Crippen LogP contribution in [-0.4, -0.2) is 47.9 Å². The van der Waals surface area contributed by atoms with E-state index in [9.17, 15) is 9.59 Å². The zero-order valence-electron chi connectivity index (χ0n) is 14.1. The standard InChI is InChI=1S/C16H29NO5/c1-11(2)16(4,9-14(18)19)17-15(20)12(3)22-10-13-7-5-6-8-21-13/h11-13H,5-10H2,1-4H3,(H,17,20)(H,18,19). The second-order valence-electron chi connectivity index (χ2n) is 6.60. The van der Waals surface area contributed by atoms with Gasteiger partial charge in [0.2, 0.25) is 5.91 Å². The van der Waals surface area contributed by atoms with Gasteiger partial charge in [-0.3, -0.25) is 9.59 Å². The number of hydrogen-bond acceptors (Lipinski definition) is 4. The average Bonchev–Trinajstić information content (AvgIpc) is 2.44. The molecule has 22 heavy (non-hydrogen) atoms. The zero-order chi connectivity index (χ0) is 16.8. The van der Waals surface area contributed by atoms with Gasteiger partial charge in [-0.2, -0.15) is 0 Å². The maximum Gasteiger partial charge on any atom is 0.305 e. The highest BCUT2D eigenvalue weighted by Crippen LogP contribution is 2.21. The summed E-state index contributed by atoms with van der Waals surface area (Å²) in [5.74, 6) is -1.21. The number of nitrogens with one attached hydrogen (secondary N) is 1. The third-order valence-electron chi connectivity index (χ3n) is 4.38. The summed E-state index contributed by atoms with van der Waals surface area (Å²) in [5.41, 5.74) is -0.790. The lowest BCUT2D eigenvalue weighted by atomic mass is 9.85. The fraction of sp³-hybridized carbons (Fsp3) is 0.875. The zero-order valence-corrected chi connectivity index (χ0v) is 14.1. The van der Waals surface area contributed by atoms with E-state index in [1.54, 1.807) is 13.8 Å². The van der Waals surface area contributed by atoms with Crippen LogP contribution in [0.1, 0.15) is 53.4 Å². The first-order valence-corrected chi connectivity index (χ1v) is 8.01. The summed E-state index contributed by atoms with van der Waals surface area (Å²) in [7, 11) is 0. The van der Waals surface area contributed by atoms with Crippen molar-refractivity contribution >= 4 is 11.9 Å². The molecule has 1 rings (SSSR count). The Morgan fingerprint density at radius 1 is 1.36 bits per heavy atom. The number of rotatable bonds is 8. The van der Waals surface area contributed by atoms with Gasteiger partial charge in [0, 0.05) is 6.61 Å². The van der Waals surface area contributed by atoms with Crippen molar-refractivity contribution in [3.8, 4) is 0 Å². The summed E-state index contributed by atoms with van der Waals surface area (Å²) in [6.45, 7) is 8.36. The SMILES string of the molecule is CC(OCC1CCCCO1)C(=O)NC(C)(CC(=O)O)C(C)C. The van der Waals surface area contributed by atoms with E-state index in [1.165, 1.54) is 0 Å². The molecule has 1 aliphatic rings. The molecule has 0 spiro atoms. The Morgan fingerprint density at radius 3 is 2.55 bits per heavy atom. The van der Waals surface area contributed by atoms with Crippen molar-refractivity contribution in [1.82, 2.24) is 5.32 Å². The fourth-order valence-corrected chi connectivity index (χ4v) is 2.36. The minimum atomic E-state index is -0.930. The van der Waals surface area contributed by atoms with Gasteiger partial charge in [0.25, 0.3) is 0 Å². The predicted molar refractivity (Wildman–Crippen MR) is 82.6 cm³/mol. The van der Waals surface area contributed by atoms with E-state index >= 15 is 0 Å². The monoisotopic (exact) mass is 315 g/mol. The van der Waals surface area contributed by atoms with Crippen molar-refractivity contribution in [1.29, 1.82) is 0 Å². The third kappa shape index (κ3) is 5.93. The molecule has 3 atom stereocenters. The number of carboxylic acids is 1. The molecule has 128 valence electrons. The summed E-state index contributed by atoms with van der Waals surface area (Å²) >= 11 is 0. The maximum absolute atomic E-state index is 12.2. The predicted octanol–water partition coefficient (Wildman–Crippen LogP) is 1.97. The first kappa shape index (κ1) is 18.9. The van der Waals surface area contributed by atoms with Gasteiger partial charge in [-0.05, 0) is 39.0 Å². The Morgan fingerprint density at radius 2 is 2.05 bits per heavy atom. The van der Waals surface area contributed by atoms with Gasteiger partial charge < -0.3 is 19.9 Å². The number of carbonyl (C=O) groups is 2. The van der Waals surface area contributed by atoms with Gasteiger partial charge >= 0.3 is 5.97 Å². The topological polar surface area (TPSA) is 84.9 Å². The third-order valence-corrected chi connectivity index (χ3v) is 4.38. The molecular formula is C16H29NO5. The van der Waals surface area contributed by atoms with Crippen molar-refractivity contribution in [3.05, 3.63) is 0 Å². The number of carbonyl (C=O) groups excluding carboxylic acids is 1. The van der Waals surface area contributed by atoms with Crippen molar-refractivity contribution < 1.29 is 24.2 Å². The summed E-state index contributed by atoms with van der Waals surface area (Å²) in [6.07, 6.45) is 2.47. The molecule has 1 aliphatic heterocycles. The van der Waals surface area contributed by atoms with Crippen LogP contribution < -0.4 is 5.32 Å². The van der Waals surface area contributed by atoms with E-state index < -0.39 is 17.6 Å². The molecule has 0 aromatic heterocycles. The van der Waals surface area contributed by atoms with Gasteiger partial charge in [0.15, 0.2) is 0 Å². The van der Waals surface area contributed by atoms with Crippen LogP contribution >= 0.6 is 0 Å². The number of carboxylic acid groups (broad SMARTS) is 1. The summed E-state index contributed by atoms with van der Waals surface area (Å²) in [4.78, 5) is 23.3. The Kier molecular flexibility index (Phi) is 7.29. The van der Waals surface area contributed by atoms with Crippen LogP contribution in [0.25, 0.3) is 0 Å². The van der Waals surface area contributed by atoms with Gasteiger partial charge in [0.1, 0.15) is 6.10 Å². The Balaban J connectivity index is 2.48. The van der Waals surface area contributed by atoms with Gasteiger partial charge in [0.05, 0.1) is 24.7 Å². The molecule has 1 fully saturated rings. The highest BCUT2D eigenvalue weighted by Gasteiger charge is 2.34. The van der Waals surface area contributed by atoms with E-state index in [1.807, 2.05) is 13.8 Å². The van der Waals surface area contributed by atoms with Crippen LogP contribution in [0.15, 0.2) is 0 Å². The van der Waals surface area contributed by atoms with Gasteiger partial charge in [-0.25, -0.2) is 0 Å². The molecule has 6 heteroatoms. The van der Waals surface area contributed by atoms with Crippen LogP contribution in [0.4, 0.5) is 0 Å². The molecule has 0 aromatic rings. The molecule has 0 aliphatic carbocycles. The van der Waals surface area contributed by atoms with Gasteiger partial charge in [-0.1, -0.05) is 13.8 Å². The summed E-state index contributed by atoms with van der Waals surface area (Å²) in [5, 5.41) is 11.9. The van der Waals surface area contributed by atoms with Crippen molar-refractivity contribution in [2.45, 2.75) is 71.1 Å². The molecular weight excluding hydrogens is 286 g/mol. The molecule has 3 unspecified atom stereocenters. The Hall–Kier alpha value is -1.14. The molecule has 0 saturated carbocycles. The fourth-order valence-electron chi connectivity index (χ4n) is 2.36. The lowest BCUT2D eigenvalue weighted by Gasteiger charge is -2.34. The smallest absolute Gasteiger partial charge is 0.305 e. The van der Waals surface area contributed by atoms with Crippen molar-refractivity contribution in [2.75, 3.05) is 13.2 Å². The number of ether oxygens (including phenoxy) is 2. The van der Waals surface area contributed by atoms with E-state index in [0.717, 1.165) is 25.9 Å². The summed E-state index contributed by atoms with van der Waals surface area (Å²) < 4.78 is 11.2. The number of hydrogen-bond donors (Lipinski definition) is 2. The molecule has 1 saturated heterocycles. The first-order chi connectivity index (χ1) is 10.2. The highest BCUT2D eigenvalue weighted by atomic mass is 16.5. The lowest BCUT2D eigenvalue weighted by molar-refractivity contribution is -0.142. The quantitative estimate of drug-likeness (QED) is 0.715. The maximum atomic E-state index is 12.2. The van der Waals surface area contributed by atoms with E-state index in [0.29, 0.717) is 6.61 Å². The Labute approximate surface area is 132 Å². The van der Waals surface area contributed by atoms with Crippen LogP contribution in [0.5, 0.6) is 0 Å². The molecule has 1 amide bonds. The normalized spacial score (nSPS) is 22.9. The largest absolute Gasteiger partial charge is 0.481 e. The number of amides is 1. The van der Waals surface area contributed by atoms with Crippen LogP contribution in [-0.2, 0) is 19.1 Å². The average molecular weight is 315 g/mol. The van der Waals surface area contributed by atoms with E-state index in [4.69, 9.17) is 14.6 Å². The Bertz CT molecular complexity index is 379. The molecule has 6 nitrogen and oxygen atoms in total. The minimum absolute atomic E-state index is 0.00132. The van der Waals surface area contributed by atoms with E-state index in [2.05, 4.69) is 5.32 Å². The number of aliphatic carboxylic acids is 1. The van der Waals surface area contributed by atoms with Gasteiger partial charge in [-0.15, -0.1) is 0 Å². The lowest BCUT2D eigenvalue weighted by Crippen LogP contribution is -2.54. The molecule has 0 bridgehead atoms. The molecule has 2 N–H and O–H groups in total. The minimum Gasteiger partial charge on any atom is -0.481 e. The molecule has 1 heterocycles. The van der Waals surface area contributed by atoms with Crippen LogP contribution in [0.2, 0.25) is 0 Å². The summed E-state index contributed by atoms with van der Waals surface area (Å²) in [6, 6.07) is 0. The van der Waals surface area contributed by atoms with Crippen molar-refractivity contribution in [3.63, 3.8) is 0 Å².